The number of rotatable bonds is 9. The van der Waals surface area contributed by atoms with E-state index in [1.54, 1.807) is 12.4 Å². The molecule has 3 aromatic heterocycles. The molecule has 232 valence electrons. The lowest BCUT2D eigenvalue weighted by molar-refractivity contribution is -0.175. The number of halogens is 3. The number of aromatic nitrogens is 4. The Labute approximate surface area is 254 Å². The second-order valence-electron chi connectivity index (χ2n) is 12.4. The van der Waals surface area contributed by atoms with Crippen LogP contribution in [0.3, 0.4) is 0 Å². The topological polar surface area (TPSA) is 108 Å². The molecule has 1 aromatic carbocycles. The van der Waals surface area contributed by atoms with Crippen LogP contribution in [0.4, 0.5) is 18.9 Å². The second-order valence-corrected chi connectivity index (χ2v) is 14.8. The van der Waals surface area contributed by atoms with E-state index in [9.17, 15) is 22.8 Å². The molecule has 0 saturated carbocycles. The number of ether oxygens (including phenoxy) is 1. The van der Waals surface area contributed by atoms with E-state index in [0.29, 0.717) is 35.4 Å². The van der Waals surface area contributed by atoms with Gasteiger partial charge in [-0.05, 0) is 42.3 Å². The Morgan fingerprint density at radius 1 is 1.09 bits per heavy atom. The highest BCUT2D eigenvalue weighted by atomic mass is 28.3. The van der Waals surface area contributed by atoms with Crippen molar-refractivity contribution in [3.05, 3.63) is 83.7 Å². The molecule has 5 rings (SSSR count). The minimum atomic E-state index is -4.46. The lowest BCUT2D eigenvalue weighted by Crippen LogP contribution is -2.64. The zero-order chi connectivity index (χ0) is 31.9. The van der Waals surface area contributed by atoms with Crippen LogP contribution in [0.15, 0.2) is 61.4 Å². The molecule has 1 atom stereocenters. The quantitative estimate of drug-likeness (QED) is 0.196. The number of hydrogen-bond donors (Lipinski definition) is 1. The van der Waals surface area contributed by atoms with Crippen molar-refractivity contribution in [2.75, 3.05) is 18.5 Å². The maximum Gasteiger partial charge on any atom is 0.416 e. The zero-order valence-electron chi connectivity index (χ0n) is 25.1. The summed E-state index contributed by atoms with van der Waals surface area (Å²) in [6, 6.07) is 5.91. The fourth-order valence-electron chi connectivity index (χ4n) is 5.61. The Morgan fingerprint density at radius 2 is 1.80 bits per heavy atom. The average molecular weight is 626 g/mol. The highest BCUT2D eigenvalue weighted by Crippen LogP contribution is 2.43. The summed E-state index contributed by atoms with van der Waals surface area (Å²) in [5.41, 5.74) is 0.286. The van der Waals surface area contributed by atoms with Crippen LogP contribution in [0.2, 0.25) is 13.1 Å². The normalized spacial score (nSPS) is 15.7. The van der Waals surface area contributed by atoms with Gasteiger partial charge in [-0.3, -0.25) is 14.6 Å². The molecule has 1 aliphatic heterocycles. The van der Waals surface area contributed by atoms with Gasteiger partial charge in [0.05, 0.1) is 48.7 Å². The number of carbonyl (C=O) groups is 2. The average Bonchev–Trinajstić information content (AvgIpc) is 3.30. The first kappa shape index (κ1) is 31.5. The van der Waals surface area contributed by atoms with Crippen molar-refractivity contribution in [1.82, 2.24) is 19.5 Å². The summed E-state index contributed by atoms with van der Waals surface area (Å²) < 4.78 is 52.9. The van der Waals surface area contributed by atoms with E-state index >= 15 is 0 Å². The van der Waals surface area contributed by atoms with E-state index in [2.05, 4.69) is 54.1 Å². The molecule has 44 heavy (non-hydrogen) atoms. The van der Waals surface area contributed by atoms with Gasteiger partial charge in [0.1, 0.15) is 17.5 Å². The van der Waals surface area contributed by atoms with Crippen LogP contribution in [-0.4, -0.2) is 59.6 Å². The Kier molecular flexibility index (Phi) is 8.49. The largest absolute Gasteiger partial charge is 0.416 e. The van der Waals surface area contributed by atoms with Gasteiger partial charge in [0.2, 0.25) is 5.91 Å². The van der Waals surface area contributed by atoms with Crippen LogP contribution < -0.4 is 5.32 Å². The van der Waals surface area contributed by atoms with E-state index in [4.69, 9.17) is 9.16 Å². The van der Waals surface area contributed by atoms with E-state index < -0.39 is 32.2 Å². The number of fused-ring (bicyclic) bond motifs is 1. The highest BCUT2D eigenvalue weighted by Gasteiger charge is 2.53. The van der Waals surface area contributed by atoms with Crippen molar-refractivity contribution in [2.24, 2.45) is 5.41 Å². The molecule has 0 aliphatic carbocycles. The van der Waals surface area contributed by atoms with Crippen molar-refractivity contribution in [3.63, 3.8) is 0 Å². The minimum Gasteiger partial charge on any atom is -0.415 e. The first-order valence-corrected chi connectivity index (χ1v) is 17.0. The smallest absolute Gasteiger partial charge is 0.415 e. The summed E-state index contributed by atoms with van der Waals surface area (Å²) in [5.74, 6) is -0.799. The van der Waals surface area contributed by atoms with E-state index in [-0.39, 0.29) is 35.0 Å². The molecule has 4 aromatic rings. The molecule has 0 spiro atoms. The summed E-state index contributed by atoms with van der Waals surface area (Å²) in [6.45, 7) is 11.4. The molecule has 13 heteroatoms. The van der Waals surface area contributed by atoms with Crippen molar-refractivity contribution in [3.8, 4) is 0 Å². The lowest BCUT2D eigenvalue weighted by atomic mass is 9.75. The highest BCUT2D eigenvalue weighted by molar-refractivity contribution is 6.48. The Hall–Kier alpha value is -3.94. The molecular weight excluding hydrogens is 591 g/mol. The van der Waals surface area contributed by atoms with Crippen LogP contribution in [0, 0.1) is 5.41 Å². The number of anilines is 1. The first-order chi connectivity index (χ1) is 20.7. The fraction of sp³-hybridized carbons (Fsp3) is 0.387. The molecule has 1 amide bonds. The maximum absolute atomic E-state index is 13.9. The molecule has 9 nitrogen and oxygen atoms in total. The first-order valence-electron chi connectivity index (χ1n) is 14.2. The van der Waals surface area contributed by atoms with Crippen LogP contribution in [0.5, 0.6) is 0 Å². The predicted molar refractivity (Wildman–Crippen MR) is 161 cm³/mol. The van der Waals surface area contributed by atoms with Gasteiger partial charge in [0.15, 0.2) is 14.8 Å². The fourth-order valence-corrected chi connectivity index (χ4v) is 6.82. The van der Waals surface area contributed by atoms with Gasteiger partial charge in [0, 0.05) is 29.5 Å². The molecule has 1 N–H and O–H groups in total. The molecule has 0 bridgehead atoms. The lowest BCUT2D eigenvalue weighted by Gasteiger charge is -2.53. The number of pyridine rings is 1. The van der Waals surface area contributed by atoms with Gasteiger partial charge in [-0.25, -0.2) is 9.97 Å². The van der Waals surface area contributed by atoms with Gasteiger partial charge >= 0.3 is 6.18 Å². The third kappa shape index (κ3) is 6.30. The van der Waals surface area contributed by atoms with Crippen molar-refractivity contribution >= 4 is 37.5 Å². The summed E-state index contributed by atoms with van der Waals surface area (Å²) in [6.07, 6.45) is 2.83. The number of amides is 1. The Bertz CT molecular complexity index is 1680. The van der Waals surface area contributed by atoms with Crippen LogP contribution >= 0.6 is 0 Å². The molecular formula is C31H34F3N5O4Si. The number of hydrogen-bond acceptors (Lipinski definition) is 7. The monoisotopic (exact) mass is 625 g/mol. The van der Waals surface area contributed by atoms with E-state index in [1.807, 2.05) is 4.57 Å². The number of nitrogens with zero attached hydrogens (tertiary/aromatic N) is 4. The van der Waals surface area contributed by atoms with E-state index in [0.717, 1.165) is 12.1 Å². The molecule has 0 radical (unpaired) electrons. The molecule has 1 fully saturated rings. The number of ketones is 1. The van der Waals surface area contributed by atoms with Crippen molar-refractivity contribution in [1.29, 1.82) is 0 Å². The van der Waals surface area contributed by atoms with Gasteiger partial charge in [-0.15, -0.1) is 0 Å². The van der Waals surface area contributed by atoms with Gasteiger partial charge in [-0.1, -0.05) is 32.9 Å². The Balaban J connectivity index is 1.42. The van der Waals surface area contributed by atoms with E-state index in [1.165, 1.54) is 36.9 Å². The van der Waals surface area contributed by atoms with Gasteiger partial charge in [0.25, 0.3) is 0 Å². The SMILES string of the molecule is C[SiH](C)OC(C(C)(C)C)C1(n2cc(C(=O)c3cncc(NC(=O)Cc4ccc(C(F)(F)F)cc4)c3)c3cncnc32)COC1. The van der Waals surface area contributed by atoms with Crippen molar-refractivity contribution < 1.29 is 31.9 Å². The maximum atomic E-state index is 13.9. The van der Waals surface area contributed by atoms with Crippen molar-refractivity contribution in [2.45, 2.75) is 58.1 Å². The summed E-state index contributed by atoms with van der Waals surface area (Å²) >= 11 is 0. The Morgan fingerprint density at radius 3 is 2.39 bits per heavy atom. The minimum absolute atomic E-state index is 0.151. The second kappa shape index (κ2) is 11.9. The number of benzene rings is 1. The standard InChI is InChI=1S/C31H34F3N5O4Si/c1-29(2,3)28(43-44(4)5)30(16-42-17-30)39-15-24(23-14-36-18-37-27(23)39)26(41)20-11-22(13-35-12-20)38-25(40)10-19-6-8-21(9-7-19)31(32,33)34/h6-9,11-15,18,28,44H,10,16-17H2,1-5H3,(H,38,40). The number of alkyl halides is 3. The summed E-state index contributed by atoms with van der Waals surface area (Å²) in [7, 11) is -1.46. The van der Waals surface area contributed by atoms with Crippen LogP contribution in [-0.2, 0) is 32.1 Å². The summed E-state index contributed by atoms with van der Waals surface area (Å²) in [5, 5.41) is 3.25. The molecule has 1 aliphatic rings. The van der Waals surface area contributed by atoms with Gasteiger partial charge < -0.3 is 19.0 Å². The van der Waals surface area contributed by atoms with Gasteiger partial charge in [-0.2, -0.15) is 13.2 Å². The number of nitrogens with one attached hydrogen (secondary N) is 1. The predicted octanol–water partition coefficient (Wildman–Crippen LogP) is 5.40. The summed E-state index contributed by atoms with van der Waals surface area (Å²) in [4.78, 5) is 39.5. The van der Waals surface area contributed by atoms with Crippen LogP contribution in [0.1, 0.15) is 47.8 Å². The molecule has 1 saturated heterocycles. The zero-order valence-corrected chi connectivity index (χ0v) is 26.3. The third-order valence-corrected chi connectivity index (χ3v) is 8.33. The third-order valence-electron chi connectivity index (χ3n) is 7.51. The number of carbonyl (C=O) groups excluding carboxylic acids is 2. The van der Waals surface area contributed by atoms with Crippen LogP contribution in [0.25, 0.3) is 11.0 Å². The molecule has 1 unspecified atom stereocenters. The molecule has 4 heterocycles.